The standard InChI is InChI=1S/C20H25N3O/c1-14(2)17-8-5-9-18(22-17)23-12-10-16(19(23)24)20(3,4)15-7-6-11-21-13-15/h5-9,11,13-14,16H,10,12H2,1-4H3. The zero-order chi connectivity index (χ0) is 17.3. The van der Waals surface area contributed by atoms with Gasteiger partial charge in [-0.25, -0.2) is 4.98 Å². The average molecular weight is 323 g/mol. The SMILES string of the molecule is CC(C)c1cccc(N2CCC(C(C)(C)c3cccnc3)C2=O)n1. The normalized spacial score (nSPS) is 18.5. The number of carbonyl (C=O) groups is 1. The molecule has 1 amide bonds. The van der Waals surface area contributed by atoms with Crippen LogP contribution in [0.5, 0.6) is 0 Å². The molecule has 0 aromatic carbocycles. The topological polar surface area (TPSA) is 46.1 Å². The average Bonchev–Trinajstić information content (AvgIpc) is 2.98. The number of hydrogen-bond donors (Lipinski definition) is 0. The van der Waals surface area contributed by atoms with E-state index >= 15 is 0 Å². The van der Waals surface area contributed by atoms with Crippen LogP contribution in [0.1, 0.15) is 51.3 Å². The Bertz CT molecular complexity index is 725. The maximum absolute atomic E-state index is 13.1. The summed E-state index contributed by atoms with van der Waals surface area (Å²) in [5.74, 6) is 1.24. The lowest BCUT2D eigenvalue weighted by Crippen LogP contribution is -2.37. The number of hydrogen-bond acceptors (Lipinski definition) is 3. The van der Waals surface area contributed by atoms with Crippen molar-refractivity contribution in [1.29, 1.82) is 0 Å². The van der Waals surface area contributed by atoms with Gasteiger partial charge in [0.25, 0.3) is 0 Å². The monoisotopic (exact) mass is 323 g/mol. The summed E-state index contributed by atoms with van der Waals surface area (Å²) in [7, 11) is 0. The third kappa shape index (κ3) is 2.93. The van der Waals surface area contributed by atoms with E-state index in [1.54, 1.807) is 6.20 Å². The number of rotatable bonds is 4. The predicted octanol–water partition coefficient (Wildman–Crippen LogP) is 3.93. The van der Waals surface area contributed by atoms with Crippen molar-refractivity contribution in [3.63, 3.8) is 0 Å². The van der Waals surface area contributed by atoms with Gasteiger partial charge in [0.15, 0.2) is 0 Å². The number of nitrogens with zero attached hydrogens (tertiary/aromatic N) is 3. The second-order valence-electron chi connectivity index (χ2n) is 7.37. The summed E-state index contributed by atoms with van der Waals surface area (Å²) < 4.78 is 0. The van der Waals surface area contributed by atoms with E-state index in [9.17, 15) is 4.79 Å². The van der Waals surface area contributed by atoms with Crippen LogP contribution in [0, 0.1) is 5.92 Å². The van der Waals surface area contributed by atoms with E-state index in [0.717, 1.165) is 30.0 Å². The van der Waals surface area contributed by atoms with Crippen LogP contribution in [0.25, 0.3) is 0 Å². The first kappa shape index (κ1) is 16.6. The number of amides is 1. The molecule has 0 aliphatic carbocycles. The highest BCUT2D eigenvalue weighted by atomic mass is 16.2. The van der Waals surface area contributed by atoms with E-state index < -0.39 is 0 Å². The predicted molar refractivity (Wildman–Crippen MR) is 96.0 cm³/mol. The summed E-state index contributed by atoms with van der Waals surface area (Å²) in [4.78, 5) is 23.8. The fourth-order valence-electron chi connectivity index (χ4n) is 3.43. The van der Waals surface area contributed by atoms with E-state index in [4.69, 9.17) is 0 Å². The van der Waals surface area contributed by atoms with Gasteiger partial charge in [-0.15, -0.1) is 0 Å². The molecular weight excluding hydrogens is 298 g/mol. The van der Waals surface area contributed by atoms with E-state index in [1.807, 2.05) is 35.4 Å². The molecule has 0 radical (unpaired) electrons. The lowest BCUT2D eigenvalue weighted by atomic mass is 9.73. The number of pyridine rings is 2. The lowest BCUT2D eigenvalue weighted by molar-refractivity contribution is -0.122. The number of anilines is 1. The van der Waals surface area contributed by atoms with Gasteiger partial charge in [0.05, 0.1) is 0 Å². The molecule has 3 rings (SSSR count). The molecule has 126 valence electrons. The second kappa shape index (κ2) is 6.34. The Balaban J connectivity index is 1.86. The quantitative estimate of drug-likeness (QED) is 0.856. The van der Waals surface area contributed by atoms with Crippen LogP contribution < -0.4 is 4.90 Å². The second-order valence-corrected chi connectivity index (χ2v) is 7.37. The summed E-state index contributed by atoms with van der Waals surface area (Å²) in [5.41, 5.74) is 1.89. The van der Waals surface area contributed by atoms with Gasteiger partial charge in [-0.2, -0.15) is 0 Å². The van der Waals surface area contributed by atoms with Gasteiger partial charge in [0.2, 0.25) is 5.91 Å². The van der Waals surface area contributed by atoms with Crippen LogP contribution in [-0.4, -0.2) is 22.4 Å². The van der Waals surface area contributed by atoms with Crippen LogP contribution >= 0.6 is 0 Å². The summed E-state index contributed by atoms with van der Waals surface area (Å²) in [6.07, 6.45) is 4.48. The summed E-state index contributed by atoms with van der Waals surface area (Å²) in [6, 6.07) is 9.93. The van der Waals surface area contributed by atoms with Gasteiger partial charge < -0.3 is 0 Å². The van der Waals surface area contributed by atoms with Crippen molar-refractivity contribution < 1.29 is 4.79 Å². The molecule has 24 heavy (non-hydrogen) atoms. The third-order valence-electron chi connectivity index (χ3n) is 5.11. The van der Waals surface area contributed by atoms with Gasteiger partial charge in [-0.3, -0.25) is 14.7 Å². The third-order valence-corrected chi connectivity index (χ3v) is 5.11. The minimum Gasteiger partial charge on any atom is -0.297 e. The molecule has 0 bridgehead atoms. The first-order valence-corrected chi connectivity index (χ1v) is 8.60. The van der Waals surface area contributed by atoms with Crippen molar-refractivity contribution >= 4 is 11.7 Å². The van der Waals surface area contributed by atoms with Crippen molar-refractivity contribution in [1.82, 2.24) is 9.97 Å². The number of aromatic nitrogens is 2. The molecule has 3 heterocycles. The first-order chi connectivity index (χ1) is 11.4. The van der Waals surface area contributed by atoms with Crippen molar-refractivity contribution in [3.05, 3.63) is 54.0 Å². The minimum atomic E-state index is -0.240. The highest BCUT2D eigenvalue weighted by Crippen LogP contribution is 2.39. The van der Waals surface area contributed by atoms with Gasteiger partial charge in [-0.05, 0) is 36.1 Å². The fraction of sp³-hybridized carbons (Fsp3) is 0.450. The van der Waals surface area contributed by atoms with Crippen molar-refractivity contribution in [2.45, 2.75) is 45.4 Å². The van der Waals surface area contributed by atoms with Gasteiger partial charge in [0, 0.05) is 36.0 Å². The minimum absolute atomic E-state index is 0.0498. The zero-order valence-corrected chi connectivity index (χ0v) is 14.9. The number of carbonyl (C=O) groups excluding carboxylic acids is 1. The van der Waals surface area contributed by atoms with Gasteiger partial charge in [0.1, 0.15) is 5.82 Å². The summed E-state index contributed by atoms with van der Waals surface area (Å²) in [5, 5.41) is 0. The summed E-state index contributed by atoms with van der Waals surface area (Å²) >= 11 is 0. The molecule has 1 aliphatic rings. The fourth-order valence-corrected chi connectivity index (χ4v) is 3.43. The van der Waals surface area contributed by atoms with Gasteiger partial charge in [-0.1, -0.05) is 39.8 Å². The molecule has 1 fully saturated rings. The highest BCUT2D eigenvalue weighted by molar-refractivity contribution is 5.97. The van der Waals surface area contributed by atoms with E-state index in [1.165, 1.54) is 0 Å². The molecule has 4 nitrogen and oxygen atoms in total. The zero-order valence-electron chi connectivity index (χ0n) is 14.9. The highest BCUT2D eigenvalue weighted by Gasteiger charge is 2.43. The molecule has 0 spiro atoms. The largest absolute Gasteiger partial charge is 0.297 e. The molecular formula is C20H25N3O. The maximum atomic E-state index is 13.1. The molecule has 0 N–H and O–H groups in total. The van der Waals surface area contributed by atoms with E-state index in [0.29, 0.717) is 5.92 Å². The maximum Gasteiger partial charge on any atom is 0.232 e. The Morgan fingerprint density at radius 3 is 2.67 bits per heavy atom. The van der Waals surface area contributed by atoms with E-state index in [-0.39, 0.29) is 17.2 Å². The van der Waals surface area contributed by atoms with Crippen LogP contribution in [0.2, 0.25) is 0 Å². The molecule has 1 atom stereocenters. The Morgan fingerprint density at radius 1 is 1.21 bits per heavy atom. The lowest BCUT2D eigenvalue weighted by Gasteiger charge is -2.30. The smallest absolute Gasteiger partial charge is 0.232 e. The molecule has 1 unspecified atom stereocenters. The summed E-state index contributed by atoms with van der Waals surface area (Å²) in [6.45, 7) is 9.22. The van der Waals surface area contributed by atoms with Gasteiger partial charge >= 0.3 is 0 Å². The Hall–Kier alpha value is -2.23. The van der Waals surface area contributed by atoms with Crippen molar-refractivity contribution in [3.8, 4) is 0 Å². The van der Waals surface area contributed by atoms with Crippen LogP contribution in [0.3, 0.4) is 0 Å². The molecule has 0 saturated carbocycles. The Morgan fingerprint density at radius 2 is 2.00 bits per heavy atom. The Kier molecular flexibility index (Phi) is 4.39. The molecule has 1 saturated heterocycles. The van der Waals surface area contributed by atoms with Crippen molar-refractivity contribution in [2.75, 3.05) is 11.4 Å². The van der Waals surface area contributed by atoms with Crippen LogP contribution in [0.4, 0.5) is 5.82 Å². The molecule has 1 aliphatic heterocycles. The van der Waals surface area contributed by atoms with Crippen LogP contribution in [-0.2, 0) is 10.2 Å². The molecule has 4 heteroatoms. The Labute approximate surface area is 143 Å². The van der Waals surface area contributed by atoms with Crippen molar-refractivity contribution in [2.24, 2.45) is 5.92 Å². The van der Waals surface area contributed by atoms with E-state index in [2.05, 4.69) is 43.7 Å². The molecule has 2 aromatic rings. The first-order valence-electron chi connectivity index (χ1n) is 8.60. The van der Waals surface area contributed by atoms with Crippen LogP contribution in [0.15, 0.2) is 42.7 Å². The molecule has 2 aromatic heterocycles.